The fourth-order valence-corrected chi connectivity index (χ4v) is 2.25. The molecule has 0 bridgehead atoms. The highest BCUT2D eigenvalue weighted by molar-refractivity contribution is 5.89. The van der Waals surface area contributed by atoms with E-state index in [4.69, 9.17) is 4.74 Å². The third-order valence-corrected chi connectivity index (χ3v) is 3.38. The second kappa shape index (κ2) is 6.97. The van der Waals surface area contributed by atoms with Crippen LogP contribution in [0.3, 0.4) is 0 Å². The maximum absolute atomic E-state index is 11.8. The van der Waals surface area contributed by atoms with Crippen LogP contribution < -0.4 is 15.4 Å². The summed E-state index contributed by atoms with van der Waals surface area (Å²) in [4.78, 5) is 24.8. The summed E-state index contributed by atoms with van der Waals surface area (Å²) < 4.78 is 5.24. The number of nitrogens with zero attached hydrogens (tertiary/aromatic N) is 1. The Bertz CT molecular complexity index is 511. The number of rotatable bonds is 3. The first-order valence-corrected chi connectivity index (χ1v) is 7.11. The van der Waals surface area contributed by atoms with Crippen LogP contribution in [0, 0.1) is 0 Å². The molecule has 0 radical (unpaired) electrons. The van der Waals surface area contributed by atoms with Crippen LogP contribution in [0.25, 0.3) is 0 Å². The van der Waals surface area contributed by atoms with Gasteiger partial charge in [-0.3, -0.25) is 0 Å². The number of hydrogen-bond acceptors (Lipinski definition) is 3. The van der Waals surface area contributed by atoms with E-state index in [0.717, 1.165) is 25.7 Å². The number of amides is 3. The Morgan fingerprint density at radius 1 is 1.24 bits per heavy atom. The third-order valence-electron chi connectivity index (χ3n) is 3.38. The number of ether oxygens (including phenoxy) is 1. The molecule has 0 atom stereocenters. The van der Waals surface area contributed by atoms with Crippen molar-refractivity contribution in [3.8, 4) is 5.75 Å². The number of anilines is 1. The zero-order valence-corrected chi connectivity index (χ0v) is 12.4. The molecule has 1 aliphatic carbocycles. The molecule has 0 aliphatic heterocycles. The largest absolute Gasteiger partial charge is 0.412 e. The van der Waals surface area contributed by atoms with E-state index >= 15 is 0 Å². The van der Waals surface area contributed by atoms with Crippen molar-refractivity contribution < 1.29 is 14.3 Å². The van der Waals surface area contributed by atoms with E-state index in [2.05, 4.69) is 10.6 Å². The second-order valence-corrected chi connectivity index (χ2v) is 5.37. The van der Waals surface area contributed by atoms with Crippen molar-refractivity contribution in [3.05, 3.63) is 24.3 Å². The van der Waals surface area contributed by atoms with E-state index < -0.39 is 6.09 Å². The standard InChI is InChI=1S/C15H21N3O3/c1-18(2)14(19)16-12-8-5-9-13(10-12)21-15(20)17-11-6-3-4-7-11/h5,8-11H,3-4,6-7H2,1-2H3,(H,16,19)(H,17,20). The first kappa shape index (κ1) is 15.2. The van der Waals surface area contributed by atoms with E-state index in [1.807, 2.05) is 0 Å². The SMILES string of the molecule is CN(C)C(=O)Nc1cccc(OC(=O)NC2CCCC2)c1. The predicted molar refractivity (Wildman–Crippen MR) is 80.6 cm³/mol. The first-order chi connectivity index (χ1) is 10.0. The first-order valence-electron chi connectivity index (χ1n) is 7.11. The zero-order chi connectivity index (χ0) is 15.2. The Labute approximate surface area is 124 Å². The summed E-state index contributed by atoms with van der Waals surface area (Å²) in [7, 11) is 3.31. The van der Waals surface area contributed by atoms with Crippen molar-refractivity contribution in [3.63, 3.8) is 0 Å². The Kier molecular flexibility index (Phi) is 5.03. The Morgan fingerprint density at radius 2 is 1.95 bits per heavy atom. The molecular formula is C15H21N3O3. The fraction of sp³-hybridized carbons (Fsp3) is 0.467. The Hall–Kier alpha value is -2.24. The summed E-state index contributed by atoms with van der Waals surface area (Å²) in [6.07, 6.45) is 3.87. The number of carbonyl (C=O) groups is 2. The lowest BCUT2D eigenvalue weighted by atomic mass is 10.3. The van der Waals surface area contributed by atoms with Gasteiger partial charge in [-0.2, -0.15) is 0 Å². The van der Waals surface area contributed by atoms with Gasteiger partial charge < -0.3 is 20.3 Å². The van der Waals surface area contributed by atoms with Crippen LogP contribution in [0.15, 0.2) is 24.3 Å². The summed E-state index contributed by atoms with van der Waals surface area (Å²) in [5.41, 5.74) is 0.583. The van der Waals surface area contributed by atoms with Gasteiger partial charge in [0.15, 0.2) is 0 Å². The zero-order valence-electron chi connectivity index (χ0n) is 12.4. The van der Waals surface area contributed by atoms with Gasteiger partial charge in [0.2, 0.25) is 0 Å². The average molecular weight is 291 g/mol. The van der Waals surface area contributed by atoms with Gasteiger partial charge in [0.25, 0.3) is 0 Å². The summed E-state index contributed by atoms with van der Waals surface area (Å²) in [6, 6.07) is 6.75. The van der Waals surface area contributed by atoms with Gasteiger partial charge >= 0.3 is 12.1 Å². The molecule has 1 aromatic rings. The van der Waals surface area contributed by atoms with Gasteiger partial charge in [0.05, 0.1) is 0 Å². The maximum Gasteiger partial charge on any atom is 0.412 e. The molecule has 1 fully saturated rings. The average Bonchev–Trinajstić information content (AvgIpc) is 2.91. The molecule has 0 heterocycles. The lowest BCUT2D eigenvalue weighted by Gasteiger charge is -2.14. The Morgan fingerprint density at radius 3 is 2.62 bits per heavy atom. The summed E-state index contributed by atoms with van der Waals surface area (Å²) in [5.74, 6) is 0.405. The lowest BCUT2D eigenvalue weighted by molar-refractivity contribution is 0.196. The molecule has 1 aromatic carbocycles. The summed E-state index contributed by atoms with van der Waals surface area (Å²) >= 11 is 0. The number of nitrogens with one attached hydrogen (secondary N) is 2. The molecule has 2 N–H and O–H groups in total. The molecule has 3 amide bonds. The van der Waals surface area contributed by atoms with Gasteiger partial charge in [-0.15, -0.1) is 0 Å². The molecule has 0 aromatic heterocycles. The van der Waals surface area contributed by atoms with Crippen LogP contribution >= 0.6 is 0 Å². The van der Waals surface area contributed by atoms with Crippen molar-refractivity contribution in [2.75, 3.05) is 19.4 Å². The fourth-order valence-electron chi connectivity index (χ4n) is 2.25. The van der Waals surface area contributed by atoms with Crippen molar-refractivity contribution in [1.82, 2.24) is 10.2 Å². The molecule has 1 saturated carbocycles. The van der Waals surface area contributed by atoms with Gasteiger partial charge in [-0.25, -0.2) is 9.59 Å². The van der Waals surface area contributed by atoms with Crippen LogP contribution in [0.1, 0.15) is 25.7 Å². The molecule has 0 saturated heterocycles. The number of urea groups is 1. The van der Waals surface area contributed by atoms with Gasteiger partial charge in [0.1, 0.15) is 5.75 Å². The van der Waals surface area contributed by atoms with E-state index in [1.54, 1.807) is 38.4 Å². The second-order valence-electron chi connectivity index (χ2n) is 5.37. The van der Waals surface area contributed by atoms with E-state index in [1.165, 1.54) is 4.90 Å². The molecule has 1 aliphatic rings. The monoisotopic (exact) mass is 291 g/mol. The van der Waals surface area contributed by atoms with Crippen LogP contribution in [0.5, 0.6) is 5.75 Å². The van der Waals surface area contributed by atoms with Gasteiger partial charge in [-0.05, 0) is 25.0 Å². The normalized spacial score (nSPS) is 14.6. The van der Waals surface area contributed by atoms with Crippen LogP contribution in [-0.2, 0) is 0 Å². The highest BCUT2D eigenvalue weighted by Crippen LogP contribution is 2.20. The summed E-state index contributed by atoms with van der Waals surface area (Å²) in [6.45, 7) is 0. The van der Waals surface area contributed by atoms with Crippen molar-refractivity contribution in [2.24, 2.45) is 0 Å². The van der Waals surface area contributed by atoms with E-state index in [9.17, 15) is 9.59 Å². The Balaban J connectivity index is 1.90. The van der Waals surface area contributed by atoms with Crippen molar-refractivity contribution in [2.45, 2.75) is 31.7 Å². The maximum atomic E-state index is 11.8. The van der Waals surface area contributed by atoms with Crippen LogP contribution in [0.4, 0.5) is 15.3 Å². The number of hydrogen-bond donors (Lipinski definition) is 2. The van der Waals surface area contributed by atoms with Gasteiger partial charge in [-0.1, -0.05) is 18.9 Å². The summed E-state index contributed by atoms with van der Waals surface area (Å²) in [5, 5.41) is 5.55. The highest BCUT2D eigenvalue weighted by atomic mass is 16.6. The molecule has 21 heavy (non-hydrogen) atoms. The minimum Gasteiger partial charge on any atom is -0.410 e. The molecule has 6 heteroatoms. The van der Waals surface area contributed by atoms with Crippen molar-refractivity contribution in [1.29, 1.82) is 0 Å². The van der Waals surface area contributed by atoms with E-state index in [0.29, 0.717) is 11.4 Å². The number of benzene rings is 1. The lowest BCUT2D eigenvalue weighted by Crippen LogP contribution is -2.34. The predicted octanol–water partition coefficient (Wildman–Crippen LogP) is 2.81. The molecule has 6 nitrogen and oxygen atoms in total. The molecule has 2 rings (SSSR count). The van der Waals surface area contributed by atoms with Crippen LogP contribution in [0.2, 0.25) is 0 Å². The van der Waals surface area contributed by atoms with Gasteiger partial charge in [0, 0.05) is 31.9 Å². The van der Waals surface area contributed by atoms with E-state index in [-0.39, 0.29) is 12.1 Å². The minimum absolute atomic E-state index is 0.217. The molecule has 0 spiro atoms. The number of carbonyl (C=O) groups excluding carboxylic acids is 2. The smallest absolute Gasteiger partial charge is 0.410 e. The third kappa shape index (κ3) is 4.66. The molecular weight excluding hydrogens is 270 g/mol. The topological polar surface area (TPSA) is 70.7 Å². The van der Waals surface area contributed by atoms with Crippen LogP contribution in [-0.4, -0.2) is 37.2 Å². The highest BCUT2D eigenvalue weighted by Gasteiger charge is 2.18. The minimum atomic E-state index is -0.446. The molecule has 114 valence electrons. The molecule has 0 unspecified atom stereocenters. The quantitative estimate of drug-likeness (QED) is 0.899. The van der Waals surface area contributed by atoms with Crippen molar-refractivity contribution >= 4 is 17.8 Å².